The first-order valence-electron chi connectivity index (χ1n) is 9.54. The molecule has 2 aromatic rings. The number of amides is 1. The highest BCUT2D eigenvalue weighted by molar-refractivity contribution is 8.19. The largest absolute Gasteiger partial charge is 0.426 e. The van der Waals surface area contributed by atoms with E-state index >= 15 is 0 Å². The number of hydrogen-bond acceptors (Lipinski definition) is 5. The van der Waals surface area contributed by atoms with E-state index < -0.39 is 0 Å². The van der Waals surface area contributed by atoms with Gasteiger partial charge in [-0.05, 0) is 73.0 Å². The molecule has 0 spiro atoms. The third-order valence-electron chi connectivity index (χ3n) is 4.38. The summed E-state index contributed by atoms with van der Waals surface area (Å²) in [7, 11) is 0. The minimum Gasteiger partial charge on any atom is -0.426 e. The summed E-state index contributed by atoms with van der Waals surface area (Å²) < 4.78 is 5.18. The highest BCUT2D eigenvalue weighted by Gasteiger charge is 2.35. The molecular formula is C23H24N2O3S. The summed E-state index contributed by atoms with van der Waals surface area (Å²) >= 11 is 1.39. The van der Waals surface area contributed by atoms with Crippen molar-refractivity contribution in [2.75, 3.05) is 11.4 Å². The summed E-state index contributed by atoms with van der Waals surface area (Å²) in [6.45, 7) is 7.97. The quantitative estimate of drug-likeness (QED) is 0.392. The average Bonchev–Trinajstić information content (AvgIpc) is 2.98. The lowest BCUT2D eigenvalue weighted by Crippen LogP contribution is -2.29. The van der Waals surface area contributed by atoms with Gasteiger partial charge >= 0.3 is 5.97 Å². The van der Waals surface area contributed by atoms with E-state index in [9.17, 15) is 9.59 Å². The van der Waals surface area contributed by atoms with Crippen molar-refractivity contribution in [3.8, 4) is 5.75 Å². The third-order valence-corrected chi connectivity index (χ3v) is 5.39. The highest BCUT2D eigenvalue weighted by atomic mass is 32.2. The second-order valence-electron chi connectivity index (χ2n) is 6.82. The number of thioether (sulfide) groups is 1. The van der Waals surface area contributed by atoms with Gasteiger partial charge in [0.15, 0.2) is 5.17 Å². The second-order valence-corrected chi connectivity index (χ2v) is 7.83. The lowest BCUT2D eigenvalue weighted by molar-refractivity contribution is -0.131. The molecule has 0 aliphatic carbocycles. The van der Waals surface area contributed by atoms with E-state index in [0.717, 1.165) is 28.8 Å². The van der Waals surface area contributed by atoms with Crippen LogP contribution in [-0.2, 0) is 9.59 Å². The standard InChI is InChI=1S/C23H24N2O3S/c1-5-12-24-23-25(19-9-7-6-8-15(19)2)22(27)21(29-23)14-18-10-11-20(16(3)13-18)28-17(4)26/h6-11,13-14H,5,12H2,1-4H3/b21-14-,24-23?. The number of aryl methyl sites for hydroxylation is 2. The van der Waals surface area contributed by atoms with Crippen LogP contribution in [0.1, 0.15) is 37.0 Å². The Bertz CT molecular complexity index is 1010. The Morgan fingerprint density at radius 2 is 1.93 bits per heavy atom. The number of aliphatic imine (C=N–C) groups is 1. The van der Waals surface area contributed by atoms with Gasteiger partial charge in [-0.1, -0.05) is 31.2 Å². The predicted octanol–water partition coefficient (Wildman–Crippen LogP) is 5.12. The number of hydrogen-bond donors (Lipinski definition) is 0. The van der Waals surface area contributed by atoms with Crippen molar-refractivity contribution < 1.29 is 14.3 Å². The van der Waals surface area contributed by atoms with Crippen LogP contribution in [0.15, 0.2) is 52.4 Å². The van der Waals surface area contributed by atoms with Crippen molar-refractivity contribution in [1.29, 1.82) is 0 Å². The zero-order valence-corrected chi connectivity index (χ0v) is 17.9. The molecule has 1 aliphatic heterocycles. The Morgan fingerprint density at radius 1 is 1.17 bits per heavy atom. The summed E-state index contributed by atoms with van der Waals surface area (Å²) in [4.78, 5) is 31.4. The number of nitrogens with zero attached hydrogens (tertiary/aromatic N) is 2. The molecule has 1 fully saturated rings. The maximum absolute atomic E-state index is 13.2. The maximum Gasteiger partial charge on any atom is 0.308 e. The molecule has 1 heterocycles. The van der Waals surface area contributed by atoms with Crippen molar-refractivity contribution in [2.45, 2.75) is 34.1 Å². The number of para-hydroxylation sites is 1. The molecule has 1 saturated heterocycles. The van der Waals surface area contributed by atoms with Crippen LogP contribution in [-0.4, -0.2) is 23.6 Å². The Labute approximate surface area is 175 Å². The Balaban J connectivity index is 1.96. The molecule has 150 valence electrons. The number of rotatable bonds is 5. The smallest absolute Gasteiger partial charge is 0.308 e. The van der Waals surface area contributed by atoms with E-state index in [1.54, 1.807) is 11.0 Å². The van der Waals surface area contributed by atoms with Crippen molar-refractivity contribution in [3.05, 3.63) is 64.1 Å². The number of ether oxygens (including phenoxy) is 1. The molecule has 2 aromatic carbocycles. The van der Waals surface area contributed by atoms with Crippen LogP contribution in [0.2, 0.25) is 0 Å². The van der Waals surface area contributed by atoms with Crippen LogP contribution < -0.4 is 9.64 Å². The summed E-state index contributed by atoms with van der Waals surface area (Å²) in [5.74, 6) is 0.0871. The molecule has 1 aliphatic rings. The van der Waals surface area contributed by atoms with E-state index in [-0.39, 0.29) is 11.9 Å². The van der Waals surface area contributed by atoms with Gasteiger partial charge in [0.2, 0.25) is 0 Å². The molecule has 0 atom stereocenters. The predicted molar refractivity (Wildman–Crippen MR) is 119 cm³/mol. The van der Waals surface area contributed by atoms with Crippen LogP contribution >= 0.6 is 11.8 Å². The van der Waals surface area contributed by atoms with Crippen LogP contribution in [0.4, 0.5) is 5.69 Å². The molecule has 6 heteroatoms. The fourth-order valence-corrected chi connectivity index (χ4v) is 3.99. The second kappa shape index (κ2) is 9.09. The van der Waals surface area contributed by atoms with Gasteiger partial charge in [-0.3, -0.25) is 19.5 Å². The number of benzene rings is 2. The summed E-state index contributed by atoms with van der Waals surface area (Å²) in [5, 5.41) is 0.700. The number of anilines is 1. The Kier molecular flexibility index (Phi) is 6.54. The van der Waals surface area contributed by atoms with Crippen molar-refractivity contribution >= 4 is 40.6 Å². The molecule has 3 rings (SSSR count). The lowest BCUT2D eigenvalue weighted by Gasteiger charge is -2.18. The van der Waals surface area contributed by atoms with Crippen molar-refractivity contribution in [1.82, 2.24) is 0 Å². The average molecular weight is 409 g/mol. The molecule has 0 radical (unpaired) electrons. The van der Waals surface area contributed by atoms with Gasteiger partial charge in [-0.25, -0.2) is 0 Å². The molecule has 29 heavy (non-hydrogen) atoms. The van der Waals surface area contributed by atoms with Crippen LogP contribution in [0, 0.1) is 13.8 Å². The van der Waals surface area contributed by atoms with Crippen LogP contribution in [0.25, 0.3) is 6.08 Å². The van der Waals surface area contributed by atoms with Crippen molar-refractivity contribution in [3.63, 3.8) is 0 Å². The topological polar surface area (TPSA) is 59.0 Å². The maximum atomic E-state index is 13.2. The molecule has 0 N–H and O–H groups in total. The summed E-state index contributed by atoms with van der Waals surface area (Å²) in [6.07, 6.45) is 2.77. The third kappa shape index (κ3) is 4.77. The van der Waals surface area contributed by atoms with E-state index in [4.69, 9.17) is 4.74 Å². The summed E-state index contributed by atoms with van der Waals surface area (Å²) in [6, 6.07) is 13.3. The monoisotopic (exact) mass is 408 g/mol. The molecule has 0 aromatic heterocycles. The Hall–Kier alpha value is -2.86. The van der Waals surface area contributed by atoms with Gasteiger partial charge in [0, 0.05) is 13.5 Å². The van der Waals surface area contributed by atoms with E-state index in [2.05, 4.69) is 11.9 Å². The first-order valence-corrected chi connectivity index (χ1v) is 10.4. The van der Waals surface area contributed by atoms with E-state index in [0.29, 0.717) is 22.4 Å². The molecule has 0 unspecified atom stereocenters. The van der Waals surface area contributed by atoms with E-state index in [1.807, 2.05) is 56.3 Å². The zero-order valence-electron chi connectivity index (χ0n) is 17.1. The normalized spacial score (nSPS) is 16.7. The first kappa shape index (κ1) is 20.9. The van der Waals surface area contributed by atoms with Gasteiger partial charge in [0.05, 0.1) is 10.6 Å². The van der Waals surface area contributed by atoms with Gasteiger partial charge in [-0.2, -0.15) is 0 Å². The van der Waals surface area contributed by atoms with Gasteiger partial charge < -0.3 is 4.74 Å². The SMILES string of the molecule is CCCN=C1S/C(=C\c2ccc(OC(C)=O)c(C)c2)C(=O)N1c1ccccc1C. The number of amidine groups is 1. The lowest BCUT2D eigenvalue weighted by atomic mass is 10.1. The van der Waals surface area contributed by atoms with Crippen LogP contribution in [0.3, 0.4) is 0 Å². The first-order chi connectivity index (χ1) is 13.9. The van der Waals surface area contributed by atoms with Gasteiger partial charge in [0.1, 0.15) is 5.75 Å². The molecular weight excluding hydrogens is 384 g/mol. The van der Waals surface area contributed by atoms with Crippen molar-refractivity contribution in [2.24, 2.45) is 4.99 Å². The fraction of sp³-hybridized carbons (Fsp3) is 0.261. The number of esters is 1. The number of carbonyl (C=O) groups is 2. The van der Waals surface area contributed by atoms with E-state index in [1.165, 1.54) is 18.7 Å². The Morgan fingerprint density at radius 3 is 2.59 bits per heavy atom. The molecule has 0 saturated carbocycles. The fourth-order valence-electron chi connectivity index (χ4n) is 3.00. The molecule has 1 amide bonds. The van der Waals surface area contributed by atoms with Gasteiger partial charge in [-0.15, -0.1) is 0 Å². The summed E-state index contributed by atoms with van der Waals surface area (Å²) in [5.41, 5.74) is 3.58. The molecule has 5 nitrogen and oxygen atoms in total. The number of carbonyl (C=O) groups excluding carboxylic acids is 2. The zero-order chi connectivity index (χ0) is 21.0. The van der Waals surface area contributed by atoms with Crippen LogP contribution in [0.5, 0.6) is 5.75 Å². The highest BCUT2D eigenvalue weighted by Crippen LogP contribution is 2.37. The minimum absolute atomic E-state index is 0.0825. The molecule has 0 bridgehead atoms. The minimum atomic E-state index is -0.355. The van der Waals surface area contributed by atoms with Gasteiger partial charge in [0.25, 0.3) is 5.91 Å².